The van der Waals surface area contributed by atoms with E-state index in [0.717, 1.165) is 11.8 Å². The summed E-state index contributed by atoms with van der Waals surface area (Å²) < 4.78 is 13.4. The molecule has 1 amide bonds. The Bertz CT molecular complexity index is 495. The van der Waals surface area contributed by atoms with Crippen molar-refractivity contribution in [1.29, 1.82) is 0 Å². The Kier molecular flexibility index (Phi) is 4.42. The van der Waals surface area contributed by atoms with Crippen molar-refractivity contribution in [2.75, 3.05) is 12.3 Å². The molecule has 19 heavy (non-hydrogen) atoms. The fraction of sp³-hybridized carbons (Fsp3) is 0.385. The average molecular weight is 283 g/mol. The predicted octanol–water partition coefficient (Wildman–Crippen LogP) is 1.99. The Hall–Kier alpha value is -1.56. The number of carboxylic acids is 1. The number of likely N-dealkylation sites (tertiary alicyclic amines) is 1. The van der Waals surface area contributed by atoms with Crippen molar-refractivity contribution >= 4 is 23.6 Å². The zero-order valence-electron chi connectivity index (χ0n) is 10.2. The maximum absolute atomic E-state index is 13.4. The fourth-order valence-corrected chi connectivity index (χ4v) is 2.93. The molecule has 0 spiro atoms. The zero-order valence-corrected chi connectivity index (χ0v) is 11.0. The Morgan fingerprint density at radius 2 is 2.16 bits per heavy atom. The van der Waals surface area contributed by atoms with Gasteiger partial charge in [-0.25, -0.2) is 9.18 Å². The molecule has 1 N–H and O–H groups in total. The number of benzene rings is 1. The van der Waals surface area contributed by atoms with Gasteiger partial charge in [0.05, 0.1) is 5.75 Å². The molecule has 1 fully saturated rings. The molecule has 0 bridgehead atoms. The molecular formula is C13H14FNO3S. The summed E-state index contributed by atoms with van der Waals surface area (Å²) >= 11 is 1.10. The molecule has 102 valence electrons. The summed E-state index contributed by atoms with van der Waals surface area (Å²) in [6.07, 6.45) is 1.19. The van der Waals surface area contributed by atoms with Crippen LogP contribution in [0.25, 0.3) is 0 Å². The molecule has 0 aliphatic carbocycles. The number of carbonyl (C=O) groups excluding carboxylic acids is 1. The molecule has 1 aliphatic heterocycles. The van der Waals surface area contributed by atoms with E-state index in [0.29, 0.717) is 24.3 Å². The number of carboxylic acid groups (broad SMARTS) is 1. The minimum atomic E-state index is -0.971. The first-order valence-electron chi connectivity index (χ1n) is 5.99. The Balaban J connectivity index is 1.95. The molecule has 2 rings (SSSR count). The van der Waals surface area contributed by atoms with Crippen LogP contribution in [-0.4, -0.2) is 40.2 Å². The van der Waals surface area contributed by atoms with Crippen molar-refractivity contribution in [2.24, 2.45) is 0 Å². The van der Waals surface area contributed by atoms with E-state index in [-0.39, 0.29) is 17.5 Å². The molecule has 0 saturated carbocycles. The highest BCUT2D eigenvalue weighted by atomic mass is 32.2. The molecule has 1 atom stereocenters. The van der Waals surface area contributed by atoms with Gasteiger partial charge < -0.3 is 10.0 Å². The highest BCUT2D eigenvalue weighted by Crippen LogP contribution is 2.24. The third-order valence-corrected chi connectivity index (χ3v) is 4.08. The van der Waals surface area contributed by atoms with Crippen LogP contribution in [0, 0.1) is 5.82 Å². The average Bonchev–Trinajstić information content (AvgIpc) is 2.87. The van der Waals surface area contributed by atoms with Crippen molar-refractivity contribution in [3.63, 3.8) is 0 Å². The zero-order chi connectivity index (χ0) is 13.8. The van der Waals surface area contributed by atoms with Crippen LogP contribution in [0.3, 0.4) is 0 Å². The molecule has 1 aromatic carbocycles. The number of amides is 1. The first kappa shape index (κ1) is 13.9. The van der Waals surface area contributed by atoms with Crippen molar-refractivity contribution in [3.05, 3.63) is 30.1 Å². The van der Waals surface area contributed by atoms with E-state index in [1.165, 1.54) is 11.0 Å². The first-order chi connectivity index (χ1) is 9.09. The third-order valence-electron chi connectivity index (χ3n) is 3.05. The van der Waals surface area contributed by atoms with Gasteiger partial charge in [-0.3, -0.25) is 4.79 Å². The second kappa shape index (κ2) is 6.06. The van der Waals surface area contributed by atoms with E-state index in [2.05, 4.69) is 0 Å². The normalized spacial score (nSPS) is 18.6. The molecule has 4 nitrogen and oxygen atoms in total. The number of halogens is 1. The second-order valence-corrected chi connectivity index (χ2v) is 5.32. The van der Waals surface area contributed by atoms with Gasteiger partial charge in [-0.05, 0) is 25.0 Å². The Morgan fingerprint density at radius 3 is 2.84 bits per heavy atom. The Labute approximate surface area is 114 Å². The van der Waals surface area contributed by atoms with E-state index in [9.17, 15) is 14.0 Å². The standard InChI is InChI=1S/C13H14FNO3S/c14-9-4-1-2-6-11(9)19-8-12(16)15-7-3-5-10(15)13(17)18/h1-2,4,6,10H,3,5,7-8H2,(H,17,18)/t10-/m0/s1. The lowest BCUT2D eigenvalue weighted by molar-refractivity contribution is -0.147. The third kappa shape index (κ3) is 3.26. The van der Waals surface area contributed by atoms with Crippen LogP contribution in [0.1, 0.15) is 12.8 Å². The minimum Gasteiger partial charge on any atom is -0.480 e. The number of rotatable bonds is 4. The van der Waals surface area contributed by atoms with Gasteiger partial charge in [0.15, 0.2) is 0 Å². The van der Waals surface area contributed by atoms with Crippen LogP contribution in [0.4, 0.5) is 4.39 Å². The van der Waals surface area contributed by atoms with Crippen LogP contribution >= 0.6 is 11.8 Å². The van der Waals surface area contributed by atoms with Crippen LogP contribution in [0.15, 0.2) is 29.2 Å². The summed E-state index contributed by atoms with van der Waals surface area (Å²) in [5, 5.41) is 9.00. The molecular weight excluding hydrogens is 269 g/mol. The lowest BCUT2D eigenvalue weighted by Gasteiger charge is -2.21. The van der Waals surface area contributed by atoms with Crippen LogP contribution in [-0.2, 0) is 9.59 Å². The monoisotopic (exact) mass is 283 g/mol. The Morgan fingerprint density at radius 1 is 1.42 bits per heavy atom. The van der Waals surface area contributed by atoms with Crippen molar-refractivity contribution in [3.8, 4) is 0 Å². The molecule has 0 radical (unpaired) electrons. The number of thioether (sulfide) groups is 1. The summed E-state index contributed by atoms with van der Waals surface area (Å²) in [6, 6.07) is 5.50. The van der Waals surface area contributed by atoms with E-state index in [1.807, 2.05) is 0 Å². The highest BCUT2D eigenvalue weighted by molar-refractivity contribution is 8.00. The van der Waals surface area contributed by atoms with Gasteiger partial charge in [-0.2, -0.15) is 0 Å². The second-order valence-electron chi connectivity index (χ2n) is 4.30. The molecule has 6 heteroatoms. The minimum absolute atomic E-state index is 0.0602. The van der Waals surface area contributed by atoms with Crippen molar-refractivity contribution < 1.29 is 19.1 Å². The van der Waals surface area contributed by atoms with E-state index >= 15 is 0 Å². The summed E-state index contributed by atoms with van der Waals surface area (Å²) in [7, 11) is 0. The van der Waals surface area contributed by atoms with Gasteiger partial charge in [0.25, 0.3) is 0 Å². The SMILES string of the molecule is O=C(O)[C@@H]1CCCN1C(=O)CSc1ccccc1F. The van der Waals surface area contributed by atoms with Gasteiger partial charge in [0, 0.05) is 11.4 Å². The number of carbonyl (C=O) groups is 2. The quantitative estimate of drug-likeness (QED) is 0.859. The summed E-state index contributed by atoms with van der Waals surface area (Å²) in [5.74, 6) is -1.53. The molecule has 1 saturated heterocycles. The molecule has 1 aromatic rings. The summed E-state index contributed by atoms with van der Waals surface area (Å²) in [4.78, 5) is 24.7. The van der Waals surface area contributed by atoms with E-state index in [4.69, 9.17) is 5.11 Å². The van der Waals surface area contributed by atoms with Gasteiger partial charge in [0.1, 0.15) is 11.9 Å². The van der Waals surface area contributed by atoms with Gasteiger partial charge >= 0.3 is 5.97 Å². The van der Waals surface area contributed by atoms with Crippen LogP contribution in [0.5, 0.6) is 0 Å². The fourth-order valence-electron chi connectivity index (χ4n) is 2.11. The van der Waals surface area contributed by atoms with Crippen LogP contribution < -0.4 is 0 Å². The maximum Gasteiger partial charge on any atom is 0.326 e. The van der Waals surface area contributed by atoms with Crippen LogP contribution in [0.2, 0.25) is 0 Å². The van der Waals surface area contributed by atoms with Gasteiger partial charge in [-0.15, -0.1) is 11.8 Å². The topological polar surface area (TPSA) is 57.6 Å². The lowest BCUT2D eigenvalue weighted by Crippen LogP contribution is -2.41. The highest BCUT2D eigenvalue weighted by Gasteiger charge is 2.33. The molecule has 0 unspecified atom stereocenters. The van der Waals surface area contributed by atoms with Crippen molar-refractivity contribution in [2.45, 2.75) is 23.8 Å². The largest absolute Gasteiger partial charge is 0.480 e. The maximum atomic E-state index is 13.4. The lowest BCUT2D eigenvalue weighted by atomic mass is 10.2. The van der Waals surface area contributed by atoms with Crippen molar-refractivity contribution in [1.82, 2.24) is 4.90 Å². The molecule has 0 aromatic heterocycles. The number of aliphatic carboxylic acids is 1. The number of nitrogens with zero attached hydrogens (tertiary/aromatic N) is 1. The molecule has 1 heterocycles. The summed E-state index contributed by atoms with van der Waals surface area (Å²) in [5.41, 5.74) is 0. The summed E-state index contributed by atoms with van der Waals surface area (Å²) in [6.45, 7) is 0.466. The number of hydrogen-bond donors (Lipinski definition) is 1. The van der Waals surface area contributed by atoms with Gasteiger partial charge in [0.2, 0.25) is 5.91 Å². The molecule has 1 aliphatic rings. The van der Waals surface area contributed by atoms with Gasteiger partial charge in [-0.1, -0.05) is 12.1 Å². The predicted molar refractivity (Wildman–Crippen MR) is 69.5 cm³/mol. The first-order valence-corrected chi connectivity index (χ1v) is 6.98. The number of hydrogen-bond acceptors (Lipinski definition) is 3. The van der Waals surface area contributed by atoms with E-state index in [1.54, 1.807) is 18.2 Å². The smallest absolute Gasteiger partial charge is 0.326 e. The van der Waals surface area contributed by atoms with E-state index < -0.39 is 12.0 Å².